The molecule has 6 nitrogen and oxygen atoms in total. The SMILES string of the molecule is c1ccc(-c2ccc3nc(-c4ccc5sc6c(-c7nc(-c8ccccc8)nc(-c8ccc9c(c8)c8ccccc8n9-c8ccccc8)n7)cccc6c5c4)oc3c2)cc1. The minimum absolute atomic E-state index is 0.598. The number of para-hydroxylation sites is 2. The highest BCUT2D eigenvalue weighted by Gasteiger charge is 2.20. The molecule has 0 spiro atoms. The van der Waals surface area contributed by atoms with E-state index in [0.717, 1.165) is 86.8 Å². The fourth-order valence-corrected chi connectivity index (χ4v) is 9.47. The monoisotopic (exact) mass is 773 g/mol. The van der Waals surface area contributed by atoms with Crippen LogP contribution in [0.1, 0.15) is 0 Å². The largest absolute Gasteiger partial charge is 0.436 e. The summed E-state index contributed by atoms with van der Waals surface area (Å²) in [5, 5.41) is 4.58. The van der Waals surface area contributed by atoms with Gasteiger partial charge in [0.2, 0.25) is 5.89 Å². The van der Waals surface area contributed by atoms with Crippen LogP contribution in [0.4, 0.5) is 0 Å². The fourth-order valence-electron chi connectivity index (χ4n) is 8.27. The van der Waals surface area contributed by atoms with Crippen LogP contribution < -0.4 is 0 Å². The Bertz CT molecular complexity index is 3550. The van der Waals surface area contributed by atoms with Gasteiger partial charge in [0.1, 0.15) is 5.52 Å². The summed E-state index contributed by atoms with van der Waals surface area (Å²) in [6.07, 6.45) is 0. The standard InChI is InChI=1S/C52H31N5OS/c1-4-13-32(14-5-1)34-23-26-43-46(31-34)58-52(53-43)36-25-28-47-42(30-36)39-20-12-21-40(48(39)59-47)51-55-49(33-15-6-2-7-16-33)54-50(56-51)35-24-27-45-41(29-35)38-19-10-11-22-44(38)57(45)37-17-8-3-9-18-37/h1-31H. The molecular formula is C52H31N5OS. The maximum absolute atomic E-state index is 6.40. The summed E-state index contributed by atoms with van der Waals surface area (Å²) in [5.41, 5.74) is 11.0. The minimum atomic E-state index is 0.598. The summed E-state index contributed by atoms with van der Waals surface area (Å²) in [7, 11) is 0. The number of thiophene rings is 1. The quantitative estimate of drug-likeness (QED) is 0.168. The van der Waals surface area contributed by atoms with Gasteiger partial charge in [-0.05, 0) is 83.9 Å². The summed E-state index contributed by atoms with van der Waals surface area (Å²) in [6.45, 7) is 0. The van der Waals surface area contributed by atoms with E-state index in [1.54, 1.807) is 11.3 Å². The van der Waals surface area contributed by atoms with Gasteiger partial charge >= 0.3 is 0 Å². The van der Waals surface area contributed by atoms with Gasteiger partial charge in [-0.25, -0.2) is 19.9 Å². The van der Waals surface area contributed by atoms with Gasteiger partial charge in [0, 0.05) is 58.9 Å². The van der Waals surface area contributed by atoms with Gasteiger partial charge in [-0.3, -0.25) is 0 Å². The van der Waals surface area contributed by atoms with Crippen LogP contribution in [0, 0.1) is 0 Å². The summed E-state index contributed by atoms with van der Waals surface area (Å²) in [6, 6.07) is 65.1. The molecule has 0 fully saturated rings. The second-order valence-corrected chi connectivity index (χ2v) is 15.7. The lowest BCUT2D eigenvalue weighted by Crippen LogP contribution is -2.00. The Balaban J connectivity index is 0.991. The third-order valence-electron chi connectivity index (χ3n) is 11.1. The molecular weight excluding hydrogens is 743 g/mol. The van der Waals surface area contributed by atoms with E-state index in [-0.39, 0.29) is 0 Å². The zero-order valence-corrected chi connectivity index (χ0v) is 32.3. The summed E-state index contributed by atoms with van der Waals surface area (Å²) in [4.78, 5) is 20.4. The van der Waals surface area contributed by atoms with E-state index in [4.69, 9.17) is 24.4 Å². The number of rotatable bonds is 6. The smallest absolute Gasteiger partial charge is 0.227 e. The van der Waals surface area contributed by atoms with Gasteiger partial charge in [-0.2, -0.15) is 0 Å². The molecule has 4 aromatic heterocycles. The van der Waals surface area contributed by atoms with Crippen LogP contribution in [0.2, 0.25) is 0 Å². The molecule has 0 atom stereocenters. The molecule has 276 valence electrons. The van der Waals surface area contributed by atoms with Crippen molar-refractivity contribution in [2.45, 2.75) is 0 Å². The fraction of sp³-hybridized carbons (Fsp3) is 0. The van der Waals surface area contributed by atoms with E-state index in [9.17, 15) is 0 Å². The molecule has 8 aromatic carbocycles. The molecule has 12 aromatic rings. The van der Waals surface area contributed by atoms with Crippen molar-refractivity contribution in [2.24, 2.45) is 0 Å². The highest BCUT2D eigenvalue weighted by molar-refractivity contribution is 7.26. The summed E-state index contributed by atoms with van der Waals surface area (Å²) in [5.74, 6) is 2.48. The van der Waals surface area contributed by atoms with Crippen molar-refractivity contribution in [3.63, 3.8) is 0 Å². The number of benzene rings is 8. The van der Waals surface area contributed by atoms with Crippen LogP contribution in [0.3, 0.4) is 0 Å². The van der Waals surface area contributed by atoms with Crippen molar-refractivity contribution >= 4 is 64.4 Å². The van der Waals surface area contributed by atoms with E-state index in [1.807, 2.05) is 42.5 Å². The molecule has 0 saturated carbocycles. The lowest BCUT2D eigenvalue weighted by molar-refractivity contribution is 0.620. The average molecular weight is 774 g/mol. The Morgan fingerprint density at radius 3 is 1.88 bits per heavy atom. The molecule has 0 N–H and O–H groups in total. The van der Waals surface area contributed by atoms with Gasteiger partial charge in [-0.1, -0.05) is 115 Å². The van der Waals surface area contributed by atoms with Crippen LogP contribution in [0.25, 0.3) is 116 Å². The Morgan fingerprint density at radius 1 is 0.407 bits per heavy atom. The van der Waals surface area contributed by atoms with E-state index in [1.165, 1.54) is 5.39 Å². The Morgan fingerprint density at radius 2 is 1.05 bits per heavy atom. The highest BCUT2D eigenvalue weighted by atomic mass is 32.1. The van der Waals surface area contributed by atoms with Crippen LogP contribution in [-0.4, -0.2) is 24.5 Å². The molecule has 7 heteroatoms. The Kier molecular flexibility index (Phi) is 7.61. The Hall–Kier alpha value is -7.74. The normalized spacial score (nSPS) is 11.7. The second kappa shape index (κ2) is 13.4. The topological polar surface area (TPSA) is 69.6 Å². The van der Waals surface area contributed by atoms with Gasteiger partial charge in [-0.15, -0.1) is 11.3 Å². The van der Waals surface area contributed by atoms with Gasteiger partial charge in [0.15, 0.2) is 23.1 Å². The zero-order valence-electron chi connectivity index (χ0n) is 31.5. The number of fused-ring (bicyclic) bond motifs is 7. The van der Waals surface area contributed by atoms with Crippen LogP contribution in [-0.2, 0) is 0 Å². The van der Waals surface area contributed by atoms with Crippen molar-refractivity contribution in [1.82, 2.24) is 24.5 Å². The average Bonchev–Trinajstić information content (AvgIpc) is 4.01. The molecule has 0 unspecified atom stereocenters. The van der Waals surface area contributed by atoms with Gasteiger partial charge in [0.25, 0.3) is 0 Å². The molecule has 0 amide bonds. The van der Waals surface area contributed by atoms with Crippen molar-refractivity contribution in [2.75, 3.05) is 0 Å². The van der Waals surface area contributed by atoms with Gasteiger partial charge in [0.05, 0.1) is 11.0 Å². The highest BCUT2D eigenvalue weighted by Crippen LogP contribution is 2.42. The predicted octanol–water partition coefficient (Wildman–Crippen LogP) is 13.8. The molecule has 0 aliphatic heterocycles. The number of oxazole rings is 1. The third-order valence-corrected chi connectivity index (χ3v) is 12.3. The van der Waals surface area contributed by atoms with Crippen LogP contribution in [0.15, 0.2) is 192 Å². The van der Waals surface area contributed by atoms with E-state index >= 15 is 0 Å². The van der Waals surface area contributed by atoms with E-state index in [0.29, 0.717) is 23.4 Å². The first-order chi connectivity index (χ1) is 29.2. The number of hydrogen-bond acceptors (Lipinski definition) is 6. The number of hydrogen-bond donors (Lipinski definition) is 0. The Labute approximate surface area is 342 Å². The maximum atomic E-state index is 6.40. The maximum Gasteiger partial charge on any atom is 0.227 e. The molecule has 12 rings (SSSR count). The summed E-state index contributed by atoms with van der Waals surface area (Å²) < 4.78 is 11.0. The van der Waals surface area contributed by atoms with E-state index < -0.39 is 0 Å². The zero-order chi connectivity index (χ0) is 38.9. The first-order valence-electron chi connectivity index (χ1n) is 19.5. The van der Waals surface area contributed by atoms with Crippen molar-refractivity contribution in [3.8, 4) is 62.4 Å². The lowest BCUT2D eigenvalue weighted by atomic mass is 10.1. The molecule has 0 saturated heterocycles. The molecule has 0 bridgehead atoms. The molecule has 0 aliphatic carbocycles. The molecule has 4 heterocycles. The van der Waals surface area contributed by atoms with Crippen molar-refractivity contribution in [1.29, 1.82) is 0 Å². The second-order valence-electron chi connectivity index (χ2n) is 14.7. The molecule has 59 heavy (non-hydrogen) atoms. The van der Waals surface area contributed by atoms with Crippen molar-refractivity contribution < 1.29 is 4.42 Å². The molecule has 0 radical (unpaired) electrons. The first kappa shape index (κ1) is 33.4. The van der Waals surface area contributed by atoms with Crippen LogP contribution >= 0.6 is 11.3 Å². The molecule has 0 aliphatic rings. The van der Waals surface area contributed by atoms with Crippen molar-refractivity contribution in [3.05, 3.63) is 188 Å². The number of nitrogens with zero attached hydrogens (tertiary/aromatic N) is 5. The van der Waals surface area contributed by atoms with Crippen LogP contribution in [0.5, 0.6) is 0 Å². The summed E-state index contributed by atoms with van der Waals surface area (Å²) >= 11 is 1.74. The number of aromatic nitrogens is 5. The predicted molar refractivity (Wildman–Crippen MR) is 242 cm³/mol. The first-order valence-corrected chi connectivity index (χ1v) is 20.4. The van der Waals surface area contributed by atoms with E-state index in [2.05, 4.69) is 150 Å². The van der Waals surface area contributed by atoms with Gasteiger partial charge < -0.3 is 8.98 Å². The minimum Gasteiger partial charge on any atom is -0.436 e. The third kappa shape index (κ3) is 5.62. The lowest BCUT2D eigenvalue weighted by Gasteiger charge is -2.10.